The molecule has 0 radical (unpaired) electrons. The summed E-state index contributed by atoms with van der Waals surface area (Å²) in [5, 5.41) is 0. The number of carbonyl (C=O) groups excluding carboxylic acids is 1. The molecule has 1 aromatic carbocycles. The average Bonchev–Trinajstić information content (AvgIpc) is 2.42. The van der Waals surface area contributed by atoms with Crippen molar-refractivity contribution in [1.29, 1.82) is 0 Å². The maximum Gasteiger partial charge on any atom is 0.230 e. The molecule has 0 spiro atoms. The van der Waals surface area contributed by atoms with E-state index in [0.717, 1.165) is 31.7 Å². The Hall–Kier alpha value is -1.45. The van der Waals surface area contributed by atoms with Crippen LogP contribution in [0.15, 0.2) is 18.2 Å². The number of anilines is 1. The second-order valence-corrected chi connectivity index (χ2v) is 5.01. The van der Waals surface area contributed by atoms with E-state index in [1.54, 1.807) is 0 Å². The van der Waals surface area contributed by atoms with Crippen molar-refractivity contribution in [1.82, 2.24) is 0 Å². The van der Waals surface area contributed by atoms with Crippen molar-refractivity contribution in [3.63, 3.8) is 0 Å². The van der Waals surface area contributed by atoms with Gasteiger partial charge in [-0.2, -0.15) is 0 Å². The Bertz CT molecular complexity index is 455. The minimum Gasteiger partial charge on any atom is -0.310 e. The molecule has 1 aliphatic carbocycles. The van der Waals surface area contributed by atoms with E-state index in [9.17, 15) is 13.6 Å². The van der Waals surface area contributed by atoms with E-state index >= 15 is 0 Å². The SMILES string of the molecule is CCN(C(=O)C1CCCCC1)c1ccc(F)cc1F. The van der Waals surface area contributed by atoms with Crippen molar-refractivity contribution in [2.75, 3.05) is 11.4 Å². The Morgan fingerprint density at radius 2 is 1.95 bits per heavy atom. The molecule has 2 rings (SSSR count). The summed E-state index contributed by atoms with van der Waals surface area (Å²) in [4.78, 5) is 13.9. The van der Waals surface area contributed by atoms with Crippen molar-refractivity contribution in [2.24, 2.45) is 5.92 Å². The van der Waals surface area contributed by atoms with E-state index in [0.29, 0.717) is 6.54 Å². The van der Waals surface area contributed by atoms with Gasteiger partial charge in [0, 0.05) is 18.5 Å². The summed E-state index contributed by atoms with van der Waals surface area (Å²) in [7, 11) is 0. The molecule has 0 aliphatic heterocycles. The summed E-state index contributed by atoms with van der Waals surface area (Å²) in [5.41, 5.74) is 0.180. The van der Waals surface area contributed by atoms with Gasteiger partial charge in [0.15, 0.2) is 0 Å². The predicted octanol–water partition coefficient (Wildman–Crippen LogP) is 3.90. The molecule has 0 atom stereocenters. The minimum atomic E-state index is -0.675. The molecular weight excluding hydrogens is 248 g/mol. The zero-order valence-electron chi connectivity index (χ0n) is 11.2. The number of rotatable bonds is 3. The second kappa shape index (κ2) is 6.13. The van der Waals surface area contributed by atoms with E-state index < -0.39 is 11.6 Å². The molecule has 0 heterocycles. The van der Waals surface area contributed by atoms with E-state index in [1.165, 1.54) is 23.5 Å². The monoisotopic (exact) mass is 267 g/mol. The molecule has 2 nitrogen and oxygen atoms in total. The van der Waals surface area contributed by atoms with Crippen LogP contribution in [0.2, 0.25) is 0 Å². The smallest absolute Gasteiger partial charge is 0.230 e. The first kappa shape index (κ1) is 14.0. The van der Waals surface area contributed by atoms with Crippen LogP contribution in [-0.4, -0.2) is 12.5 Å². The van der Waals surface area contributed by atoms with Gasteiger partial charge in [-0.25, -0.2) is 8.78 Å². The van der Waals surface area contributed by atoms with Gasteiger partial charge in [-0.05, 0) is 31.9 Å². The van der Waals surface area contributed by atoms with E-state index in [1.807, 2.05) is 6.92 Å². The third kappa shape index (κ3) is 3.11. The van der Waals surface area contributed by atoms with Gasteiger partial charge < -0.3 is 4.90 Å². The first-order valence-corrected chi connectivity index (χ1v) is 6.90. The Morgan fingerprint density at radius 3 is 2.53 bits per heavy atom. The molecule has 0 aromatic heterocycles. The molecule has 104 valence electrons. The van der Waals surface area contributed by atoms with Crippen LogP contribution in [0, 0.1) is 17.6 Å². The molecule has 19 heavy (non-hydrogen) atoms. The number of benzene rings is 1. The Labute approximate surface area is 112 Å². The summed E-state index contributed by atoms with van der Waals surface area (Å²) in [6, 6.07) is 3.36. The molecule has 0 N–H and O–H groups in total. The lowest BCUT2D eigenvalue weighted by atomic mass is 9.88. The number of hydrogen-bond donors (Lipinski definition) is 0. The number of halogens is 2. The van der Waals surface area contributed by atoms with Gasteiger partial charge in [0.2, 0.25) is 5.91 Å². The highest BCUT2D eigenvalue weighted by Crippen LogP contribution is 2.28. The van der Waals surface area contributed by atoms with Crippen molar-refractivity contribution >= 4 is 11.6 Å². The minimum absolute atomic E-state index is 0.0156. The largest absolute Gasteiger partial charge is 0.310 e. The van der Waals surface area contributed by atoms with Gasteiger partial charge in [0.05, 0.1) is 5.69 Å². The Kier molecular flexibility index (Phi) is 4.51. The quantitative estimate of drug-likeness (QED) is 0.813. The van der Waals surface area contributed by atoms with Crippen molar-refractivity contribution < 1.29 is 13.6 Å². The fraction of sp³-hybridized carbons (Fsp3) is 0.533. The lowest BCUT2D eigenvalue weighted by molar-refractivity contribution is -0.123. The molecule has 0 unspecified atom stereocenters. The molecule has 1 saturated carbocycles. The summed E-state index contributed by atoms with van der Waals surface area (Å²) in [5.74, 6) is -1.35. The maximum atomic E-state index is 13.8. The van der Waals surface area contributed by atoms with Crippen molar-refractivity contribution in [3.05, 3.63) is 29.8 Å². The number of hydrogen-bond acceptors (Lipinski definition) is 1. The molecule has 0 saturated heterocycles. The molecular formula is C15H19F2NO. The van der Waals surface area contributed by atoms with Crippen LogP contribution in [0.1, 0.15) is 39.0 Å². The van der Waals surface area contributed by atoms with Gasteiger partial charge in [0.1, 0.15) is 11.6 Å². The van der Waals surface area contributed by atoms with Gasteiger partial charge in [-0.3, -0.25) is 4.79 Å². The lowest BCUT2D eigenvalue weighted by Crippen LogP contribution is -2.37. The summed E-state index contributed by atoms with van der Waals surface area (Å²) in [6.45, 7) is 2.21. The highest BCUT2D eigenvalue weighted by atomic mass is 19.1. The van der Waals surface area contributed by atoms with Crippen LogP contribution >= 0.6 is 0 Å². The lowest BCUT2D eigenvalue weighted by Gasteiger charge is -2.28. The van der Waals surface area contributed by atoms with Crippen LogP contribution < -0.4 is 4.90 Å². The zero-order valence-corrected chi connectivity index (χ0v) is 11.2. The molecule has 1 fully saturated rings. The summed E-state index contributed by atoms with van der Waals surface area (Å²) >= 11 is 0. The third-order valence-electron chi connectivity index (χ3n) is 3.74. The highest BCUT2D eigenvalue weighted by molar-refractivity contribution is 5.95. The Balaban J connectivity index is 2.20. The number of nitrogens with zero attached hydrogens (tertiary/aromatic N) is 1. The number of carbonyl (C=O) groups is 1. The van der Waals surface area contributed by atoms with Crippen molar-refractivity contribution in [2.45, 2.75) is 39.0 Å². The standard InChI is InChI=1S/C15H19F2NO/c1-2-18(14-9-8-12(16)10-13(14)17)15(19)11-6-4-3-5-7-11/h8-11H,2-7H2,1H3. The third-order valence-corrected chi connectivity index (χ3v) is 3.74. The van der Waals surface area contributed by atoms with Crippen LogP contribution in [0.3, 0.4) is 0 Å². The van der Waals surface area contributed by atoms with Crippen LogP contribution in [0.25, 0.3) is 0 Å². The molecule has 1 amide bonds. The first-order valence-electron chi connectivity index (χ1n) is 6.90. The second-order valence-electron chi connectivity index (χ2n) is 5.01. The fourth-order valence-electron chi connectivity index (χ4n) is 2.71. The molecule has 4 heteroatoms. The summed E-state index contributed by atoms with van der Waals surface area (Å²) in [6.07, 6.45) is 5.02. The van der Waals surface area contributed by atoms with Gasteiger partial charge in [0.25, 0.3) is 0 Å². The van der Waals surface area contributed by atoms with Crippen LogP contribution in [0.5, 0.6) is 0 Å². The van der Waals surface area contributed by atoms with Gasteiger partial charge >= 0.3 is 0 Å². The zero-order chi connectivity index (χ0) is 13.8. The van der Waals surface area contributed by atoms with E-state index in [-0.39, 0.29) is 17.5 Å². The highest BCUT2D eigenvalue weighted by Gasteiger charge is 2.27. The molecule has 0 bridgehead atoms. The topological polar surface area (TPSA) is 20.3 Å². The van der Waals surface area contributed by atoms with E-state index in [4.69, 9.17) is 0 Å². The van der Waals surface area contributed by atoms with Crippen molar-refractivity contribution in [3.8, 4) is 0 Å². The van der Waals surface area contributed by atoms with Gasteiger partial charge in [-0.15, -0.1) is 0 Å². The maximum absolute atomic E-state index is 13.8. The van der Waals surface area contributed by atoms with E-state index in [2.05, 4.69) is 0 Å². The number of amides is 1. The molecule has 1 aliphatic rings. The fourth-order valence-corrected chi connectivity index (χ4v) is 2.71. The van der Waals surface area contributed by atoms with Crippen LogP contribution in [-0.2, 0) is 4.79 Å². The first-order chi connectivity index (χ1) is 9.13. The average molecular weight is 267 g/mol. The normalized spacial score (nSPS) is 16.4. The Morgan fingerprint density at radius 1 is 1.26 bits per heavy atom. The predicted molar refractivity (Wildman–Crippen MR) is 71.0 cm³/mol. The summed E-state index contributed by atoms with van der Waals surface area (Å²) < 4.78 is 26.7. The molecule has 1 aromatic rings. The van der Waals surface area contributed by atoms with Gasteiger partial charge in [-0.1, -0.05) is 19.3 Å². The van der Waals surface area contributed by atoms with Crippen LogP contribution in [0.4, 0.5) is 14.5 Å².